The van der Waals surface area contributed by atoms with Crippen LogP contribution in [0.25, 0.3) is 0 Å². The summed E-state index contributed by atoms with van der Waals surface area (Å²) in [6.45, 7) is 2.91. The number of aliphatic hydroxyl groups excluding tert-OH is 4. The second-order valence-electron chi connectivity index (χ2n) is 29.4. The van der Waals surface area contributed by atoms with E-state index in [2.05, 4.69) is 6.07 Å². The van der Waals surface area contributed by atoms with E-state index in [1.165, 1.54) is 0 Å². The van der Waals surface area contributed by atoms with Crippen LogP contribution in [0, 0.1) is 54.3 Å². The van der Waals surface area contributed by atoms with Crippen LogP contribution in [0.3, 0.4) is 0 Å². The van der Waals surface area contributed by atoms with Crippen molar-refractivity contribution in [1.29, 1.82) is 0 Å². The number of methoxy groups -OCH3 is 5. The summed E-state index contributed by atoms with van der Waals surface area (Å²) in [6.07, 6.45) is 0.922. The molecule has 107 heavy (non-hydrogen) atoms. The van der Waals surface area contributed by atoms with E-state index in [1.807, 2.05) is 134 Å². The number of cyclic esters (lactones) is 1. The van der Waals surface area contributed by atoms with E-state index in [-0.39, 0.29) is 122 Å². The number of aliphatic hydroxyl groups is 4. The third-order valence-corrected chi connectivity index (χ3v) is 24.2. The lowest BCUT2D eigenvalue weighted by Gasteiger charge is -2.38. The molecule has 0 bridgehead atoms. The predicted octanol–water partition coefficient (Wildman–Crippen LogP) is 12.3. The van der Waals surface area contributed by atoms with Gasteiger partial charge in [-0.1, -0.05) is 36.4 Å². The molecule has 4 unspecified atom stereocenters. The molecule has 5 aliphatic heterocycles. The number of aryl methyl sites for hydroxylation is 1. The molecule has 16 atom stereocenters. The van der Waals surface area contributed by atoms with Crippen molar-refractivity contribution in [3.05, 3.63) is 206 Å². The Hall–Kier alpha value is -10.5. The molecule has 4 N–H and O–H groups in total. The SMILES string of the molecule is COc1cc(C)cc([C@@H]2c3cc4c(cc3[C@H](O)C3COC(=O)[C@H]32)OCO4)c1.COc1ccc([C@@H]2c3cc4c(cc3[C@H](O)C3CCC(=O)[C@H]32)OCO4)cc1.COc1ccc([C@@H]2c3cc4c(cc3[C@H](O)C3CCC(=O)[C@H]32)OCO4)cc1OC.COc1cccc([C@@H]2c3cc4c(cc3[C@H](O)C3CCC(=O)[C@H]32)OCO4)c1. The number of hydrogen-bond donors (Lipinski definition) is 4. The summed E-state index contributed by atoms with van der Waals surface area (Å²) in [4.78, 5) is 50.9. The Balaban J connectivity index is 0.000000105. The van der Waals surface area contributed by atoms with Crippen LogP contribution in [-0.4, -0.2) is 113 Å². The summed E-state index contributed by atoms with van der Waals surface area (Å²) in [5.41, 5.74) is 12.1. The highest BCUT2D eigenvalue weighted by Gasteiger charge is 2.55. The Morgan fingerprint density at radius 2 is 0.682 bits per heavy atom. The fourth-order valence-electron chi connectivity index (χ4n) is 19.3. The number of ketones is 3. The summed E-state index contributed by atoms with van der Waals surface area (Å²) in [6, 6.07) is 42.6. The molecule has 7 aliphatic carbocycles. The summed E-state index contributed by atoms with van der Waals surface area (Å²) < 4.78 is 76.5. The summed E-state index contributed by atoms with van der Waals surface area (Å²) in [7, 11) is 8.10. The molecule has 20 rings (SSSR count). The maximum Gasteiger partial charge on any atom is 0.310 e. The number of benzene rings is 8. The number of Topliss-reactive ketones (excluding diaryl/α,β-unsaturated/α-hetero) is 3. The Bertz CT molecular complexity index is 4860. The number of hydrogen-bond acceptors (Lipinski definition) is 22. The van der Waals surface area contributed by atoms with Crippen molar-refractivity contribution in [2.45, 2.75) is 93.5 Å². The van der Waals surface area contributed by atoms with Crippen molar-refractivity contribution in [2.75, 3.05) is 69.3 Å². The molecule has 0 aromatic heterocycles. The molecule has 4 fully saturated rings. The van der Waals surface area contributed by atoms with Gasteiger partial charge in [-0.3, -0.25) is 19.2 Å². The fraction of sp³-hybridized carbons (Fsp3) is 0.388. The van der Waals surface area contributed by atoms with Gasteiger partial charge in [0.05, 0.1) is 72.5 Å². The van der Waals surface area contributed by atoms with Gasteiger partial charge in [0, 0.05) is 84.4 Å². The Kier molecular flexibility index (Phi) is 18.2. The Morgan fingerprint density at radius 1 is 0.318 bits per heavy atom. The first-order valence-corrected chi connectivity index (χ1v) is 36.4. The first-order chi connectivity index (χ1) is 52.0. The van der Waals surface area contributed by atoms with E-state index in [9.17, 15) is 39.6 Å². The molecule has 8 aromatic carbocycles. The average molecular weight is 1460 g/mol. The molecule has 8 aromatic rings. The van der Waals surface area contributed by atoms with Crippen molar-refractivity contribution in [2.24, 2.45) is 47.3 Å². The minimum absolute atomic E-state index is 0.0533. The third-order valence-electron chi connectivity index (χ3n) is 24.2. The number of fused-ring (bicyclic) bond motifs is 12. The highest BCUT2D eigenvalue weighted by molar-refractivity contribution is 5.88. The first kappa shape index (κ1) is 69.5. The van der Waals surface area contributed by atoms with Gasteiger partial charge in [-0.15, -0.1) is 0 Å². The number of carbonyl (C=O) groups excluding carboxylic acids is 4. The maximum atomic E-state index is 12.8. The number of carbonyl (C=O) groups is 4. The van der Waals surface area contributed by atoms with Gasteiger partial charge in [0.15, 0.2) is 57.5 Å². The topological polar surface area (TPSA) is 278 Å². The standard InChI is InChI=1S/C22H22O6.C21H20O6.2C21H20O5/c1-25-16-6-3-11(7-17(16)26-2)20-13-8-18-19(28-10-27-18)9-14(13)22(24)12-4-5-15(23)21(12)20;1-10-3-11(5-12(4-10)24-2)18-13-6-16-17(27-9-26-16)7-14(13)20(22)15-8-25-21(23)19(15)18;1-24-12-4-2-11(3-5-12)19-14-8-17-18(26-10-25-17)9-15(14)21(23)13-6-7-16(22)20(13)19;1-24-12-4-2-3-11(7-12)19-14-8-17-18(26-10-25-17)9-15(14)21(23)13-5-6-16(22)20(13)19/h3,6-9,12,20-22,24H,4-5,10H2,1-2H3;3-7,15,18-20,22H,8-9H2,1-2H3;2-5,8-9,13,19-21,23H,6-7,10H2,1H3;2-4,7-9,13,19-21,23H,5-6,10H2,1H3/t12?,20-,21+,22-;15?,18-,19-,20+;2*13?,19-,20+,21-/m1111/s1. The zero-order valence-electron chi connectivity index (χ0n) is 59.9. The van der Waals surface area contributed by atoms with Crippen molar-refractivity contribution in [3.63, 3.8) is 0 Å². The second-order valence-corrected chi connectivity index (χ2v) is 29.4. The maximum absolute atomic E-state index is 12.8. The number of rotatable bonds is 9. The Morgan fingerprint density at radius 3 is 1.09 bits per heavy atom. The fourth-order valence-corrected chi connectivity index (χ4v) is 19.3. The molecular formula is C85H82O22. The lowest BCUT2D eigenvalue weighted by molar-refractivity contribution is -0.141. The molecule has 22 nitrogen and oxygen atoms in total. The van der Waals surface area contributed by atoms with E-state index < -0.39 is 30.3 Å². The zero-order chi connectivity index (χ0) is 73.8. The highest BCUT2D eigenvalue weighted by Crippen LogP contribution is 2.61. The predicted molar refractivity (Wildman–Crippen MR) is 382 cm³/mol. The van der Waals surface area contributed by atoms with Gasteiger partial charge >= 0.3 is 5.97 Å². The van der Waals surface area contributed by atoms with Gasteiger partial charge in [-0.25, -0.2) is 0 Å². The summed E-state index contributed by atoms with van der Waals surface area (Å²) in [5, 5.41) is 43.9. The monoisotopic (exact) mass is 1450 g/mol. The second kappa shape index (κ2) is 28.0. The van der Waals surface area contributed by atoms with Gasteiger partial charge in [0.1, 0.15) is 34.6 Å². The molecule has 22 heteroatoms. The van der Waals surface area contributed by atoms with Crippen molar-refractivity contribution < 1.29 is 106 Å². The molecule has 0 spiro atoms. The van der Waals surface area contributed by atoms with Crippen molar-refractivity contribution >= 4 is 23.3 Å². The summed E-state index contributed by atoms with van der Waals surface area (Å²) in [5.74, 6) is 6.92. The third kappa shape index (κ3) is 11.9. The summed E-state index contributed by atoms with van der Waals surface area (Å²) >= 11 is 0. The van der Waals surface area contributed by atoms with Crippen LogP contribution in [-0.2, 0) is 23.9 Å². The molecular weight excluding hydrogens is 1370 g/mol. The molecule has 0 radical (unpaired) electrons. The number of esters is 1. The average Bonchev–Trinajstić information content (AvgIpc) is 1.70. The van der Waals surface area contributed by atoms with Crippen molar-refractivity contribution in [1.82, 2.24) is 0 Å². The molecule has 1 saturated heterocycles. The molecule has 3 saturated carbocycles. The van der Waals surface area contributed by atoms with Gasteiger partial charge in [0.2, 0.25) is 27.2 Å². The number of ether oxygens (including phenoxy) is 14. The zero-order valence-corrected chi connectivity index (χ0v) is 59.9. The van der Waals surface area contributed by atoms with Crippen LogP contribution in [0.4, 0.5) is 0 Å². The normalized spacial score (nSPS) is 28.1. The van der Waals surface area contributed by atoms with Gasteiger partial charge in [0.25, 0.3) is 0 Å². The van der Waals surface area contributed by atoms with Gasteiger partial charge in [-0.2, -0.15) is 0 Å². The molecule has 554 valence electrons. The van der Waals surface area contributed by atoms with E-state index in [0.29, 0.717) is 83.2 Å². The van der Waals surface area contributed by atoms with Crippen LogP contribution in [0.15, 0.2) is 133 Å². The van der Waals surface area contributed by atoms with E-state index in [0.717, 1.165) is 102 Å². The molecule has 0 amide bonds. The minimum atomic E-state index is -0.783. The van der Waals surface area contributed by atoms with Crippen LogP contribution in [0.1, 0.15) is 159 Å². The van der Waals surface area contributed by atoms with Crippen LogP contribution in [0.5, 0.6) is 74.7 Å². The quantitative estimate of drug-likeness (QED) is 0.0977. The lowest BCUT2D eigenvalue weighted by Crippen LogP contribution is -2.34. The van der Waals surface area contributed by atoms with Gasteiger partial charge in [-0.05, 0) is 196 Å². The highest BCUT2D eigenvalue weighted by atomic mass is 16.7. The molecule has 5 heterocycles. The van der Waals surface area contributed by atoms with Crippen LogP contribution >= 0.6 is 0 Å². The van der Waals surface area contributed by atoms with Crippen LogP contribution < -0.4 is 61.6 Å². The smallest absolute Gasteiger partial charge is 0.310 e. The minimum Gasteiger partial charge on any atom is -0.497 e. The van der Waals surface area contributed by atoms with Crippen molar-refractivity contribution in [3.8, 4) is 74.7 Å². The largest absolute Gasteiger partial charge is 0.497 e. The molecule has 12 aliphatic rings. The van der Waals surface area contributed by atoms with E-state index in [1.54, 1.807) is 35.5 Å². The first-order valence-electron chi connectivity index (χ1n) is 36.4. The lowest BCUT2D eigenvalue weighted by atomic mass is 9.66. The van der Waals surface area contributed by atoms with E-state index >= 15 is 0 Å². The van der Waals surface area contributed by atoms with E-state index in [4.69, 9.17) is 66.3 Å². The Labute approximate surface area is 617 Å². The van der Waals surface area contributed by atoms with Crippen LogP contribution in [0.2, 0.25) is 0 Å². The van der Waals surface area contributed by atoms with Gasteiger partial charge < -0.3 is 86.7 Å².